The molecule has 0 aliphatic heterocycles. The number of nitrogens with zero attached hydrogens (tertiary/aromatic N) is 4. The summed E-state index contributed by atoms with van der Waals surface area (Å²) >= 11 is 1.44. The summed E-state index contributed by atoms with van der Waals surface area (Å²) in [6, 6.07) is 8.46. The number of aryl methyl sites for hydroxylation is 2. The zero-order chi connectivity index (χ0) is 20.4. The lowest BCUT2D eigenvalue weighted by molar-refractivity contribution is -0.115. The third kappa shape index (κ3) is 4.14. The van der Waals surface area contributed by atoms with Crippen molar-refractivity contribution >= 4 is 23.4 Å². The van der Waals surface area contributed by atoms with Gasteiger partial charge < -0.3 is 5.32 Å². The maximum atomic E-state index is 12.7. The minimum absolute atomic E-state index is 0.0612. The average Bonchev–Trinajstić information content (AvgIpc) is 3.21. The molecule has 0 fully saturated rings. The van der Waals surface area contributed by atoms with Crippen LogP contribution in [0.2, 0.25) is 0 Å². The van der Waals surface area contributed by atoms with Crippen molar-refractivity contribution in [2.75, 3.05) is 5.32 Å². The number of rotatable bonds is 6. The third-order valence-electron chi connectivity index (χ3n) is 4.85. The van der Waals surface area contributed by atoms with Crippen LogP contribution < -0.4 is 5.32 Å². The monoisotopic (exact) mass is 397 g/mol. The molecule has 6 nitrogen and oxygen atoms in total. The van der Waals surface area contributed by atoms with Gasteiger partial charge in [-0.25, -0.2) is 4.98 Å². The van der Waals surface area contributed by atoms with Crippen molar-refractivity contribution in [2.45, 2.75) is 50.9 Å². The number of hydrogen-bond donors (Lipinski definition) is 1. The van der Waals surface area contributed by atoms with Gasteiger partial charge in [0, 0.05) is 25.1 Å². The standard InChI is InChI=1S/C21H27N5OS/c1-13(2)17-7-9-18(10-8-17)26-12-11-22-21(26)28-16(5)20(27)23-19-14(3)24-25(6)15(19)4/h7-13,16H,1-6H3,(H,23,27). The van der Waals surface area contributed by atoms with Gasteiger partial charge in [0.15, 0.2) is 5.16 Å². The second-order valence-corrected chi connectivity index (χ2v) is 8.55. The summed E-state index contributed by atoms with van der Waals surface area (Å²) in [6.07, 6.45) is 3.69. The van der Waals surface area contributed by atoms with E-state index in [0.717, 1.165) is 27.9 Å². The molecule has 1 N–H and O–H groups in total. The summed E-state index contributed by atoms with van der Waals surface area (Å²) in [5.74, 6) is 0.433. The number of imidazole rings is 1. The van der Waals surface area contributed by atoms with Gasteiger partial charge in [0.05, 0.1) is 22.3 Å². The van der Waals surface area contributed by atoms with E-state index in [4.69, 9.17) is 0 Å². The highest BCUT2D eigenvalue weighted by Crippen LogP contribution is 2.27. The van der Waals surface area contributed by atoms with Gasteiger partial charge in [-0.2, -0.15) is 5.10 Å². The molecule has 3 rings (SSSR count). The molecule has 0 bridgehead atoms. The molecule has 0 aliphatic rings. The quantitative estimate of drug-likeness (QED) is 0.624. The Morgan fingerprint density at radius 3 is 2.39 bits per heavy atom. The molecule has 0 aliphatic carbocycles. The van der Waals surface area contributed by atoms with Crippen LogP contribution in [0.3, 0.4) is 0 Å². The summed E-state index contributed by atoms with van der Waals surface area (Å²) in [6.45, 7) is 10.1. The van der Waals surface area contributed by atoms with Crippen LogP contribution in [0.4, 0.5) is 5.69 Å². The number of anilines is 1. The maximum absolute atomic E-state index is 12.7. The van der Waals surface area contributed by atoms with E-state index >= 15 is 0 Å². The van der Waals surface area contributed by atoms with Crippen LogP contribution in [0.5, 0.6) is 0 Å². The van der Waals surface area contributed by atoms with Crippen molar-refractivity contribution in [3.8, 4) is 5.69 Å². The molecule has 1 unspecified atom stereocenters. The molecule has 0 saturated heterocycles. The molecule has 0 spiro atoms. The predicted molar refractivity (Wildman–Crippen MR) is 114 cm³/mol. The Kier molecular flexibility index (Phi) is 5.93. The lowest BCUT2D eigenvalue weighted by atomic mass is 10.0. The SMILES string of the molecule is Cc1nn(C)c(C)c1NC(=O)C(C)Sc1nccn1-c1ccc(C(C)C)cc1. The van der Waals surface area contributed by atoms with Crippen molar-refractivity contribution < 1.29 is 4.79 Å². The smallest absolute Gasteiger partial charge is 0.237 e. The van der Waals surface area contributed by atoms with E-state index in [1.165, 1.54) is 17.3 Å². The summed E-state index contributed by atoms with van der Waals surface area (Å²) < 4.78 is 3.79. The minimum atomic E-state index is -0.296. The minimum Gasteiger partial charge on any atom is -0.322 e. The largest absolute Gasteiger partial charge is 0.322 e. The Morgan fingerprint density at radius 1 is 1.14 bits per heavy atom. The van der Waals surface area contributed by atoms with Crippen LogP contribution >= 0.6 is 11.8 Å². The number of aromatic nitrogens is 4. The van der Waals surface area contributed by atoms with Gasteiger partial charge >= 0.3 is 0 Å². The summed E-state index contributed by atoms with van der Waals surface area (Å²) in [4.78, 5) is 17.2. The van der Waals surface area contributed by atoms with Gasteiger partial charge in [0.25, 0.3) is 0 Å². The summed E-state index contributed by atoms with van der Waals surface area (Å²) in [7, 11) is 1.87. The van der Waals surface area contributed by atoms with Crippen LogP contribution in [-0.4, -0.2) is 30.5 Å². The van der Waals surface area contributed by atoms with Gasteiger partial charge in [-0.15, -0.1) is 0 Å². The van der Waals surface area contributed by atoms with Gasteiger partial charge in [-0.1, -0.05) is 37.7 Å². The maximum Gasteiger partial charge on any atom is 0.237 e. The normalized spacial score (nSPS) is 12.4. The zero-order valence-electron chi connectivity index (χ0n) is 17.2. The second kappa shape index (κ2) is 8.22. The van der Waals surface area contributed by atoms with Crippen LogP contribution in [0.1, 0.15) is 43.6 Å². The molecule has 2 heterocycles. The van der Waals surface area contributed by atoms with Crippen molar-refractivity contribution in [1.82, 2.24) is 19.3 Å². The summed E-state index contributed by atoms with van der Waals surface area (Å²) in [5.41, 5.74) is 4.88. The first-order chi connectivity index (χ1) is 13.3. The lowest BCUT2D eigenvalue weighted by Crippen LogP contribution is -2.23. The van der Waals surface area contributed by atoms with E-state index < -0.39 is 0 Å². The number of benzene rings is 1. The first-order valence-corrected chi connectivity index (χ1v) is 10.3. The van der Waals surface area contributed by atoms with Crippen LogP contribution in [-0.2, 0) is 11.8 Å². The number of nitrogens with one attached hydrogen (secondary N) is 1. The van der Waals surface area contributed by atoms with Gasteiger partial charge in [0.2, 0.25) is 5.91 Å². The Labute approximate surface area is 170 Å². The fourth-order valence-corrected chi connectivity index (χ4v) is 3.87. The highest BCUT2D eigenvalue weighted by Gasteiger charge is 2.20. The zero-order valence-corrected chi connectivity index (χ0v) is 18.0. The number of thioether (sulfide) groups is 1. The molecule has 0 radical (unpaired) electrons. The molecule has 0 saturated carbocycles. The Balaban J connectivity index is 1.73. The van der Waals surface area contributed by atoms with E-state index in [1.807, 2.05) is 38.6 Å². The molecule has 7 heteroatoms. The molecule has 2 aromatic heterocycles. The third-order valence-corrected chi connectivity index (χ3v) is 5.93. The molecule has 1 atom stereocenters. The highest BCUT2D eigenvalue weighted by molar-refractivity contribution is 8.00. The molecule has 3 aromatic rings. The summed E-state index contributed by atoms with van der Waals surface area (Å²) in [5, 5.41) is 7.86. The van der Waals surface area contributed by atoms with Crippen molar-refractivity contribution in [3.63, 3.8) is 0 Å². The molecular formula is C21H27N5OS. The Bertz CT molecular complexity index is 971. The van der Waals surface area contributed by atoms with Gasteiger partial charge in [-0.05, 0) is 44.4 Å². The predicted octanol–water partition coefficient (Wildman–Crippen LogP) is 4.47. The second-order valence-electron chi connectivity index (χ2n) is 7.24. The Hall–Kier alpha value is -2.54. The molecule has 1 amide bonds. The highest BCUT2D eigenvalue weighted by atomic mass is 32.2. The molecule has 148 valence electrons. The number of amides is 1. The number of carbonyl (C=O) groups excluding carboxylic acids is 1. The van der Waals surface area contributed by atoms with Gasteiger partial charge in [-0.3, -0.25) is 14.0 Å². The fraction of sp³-hybridized carbons (Fsp3) is 0.381. The molecule has 28 heavy (non-hydrogen) atoms. The first-order valence-electron chi connectivity index (χ1n) is 9.39. The topological polar surface area (TPSA) is 64.7 Å². The van der Waals surface area contributed by atoms with E-state index in [9.17, 15) is 4.79 Å². The fourth-order valence-electron chi connectivity index (χ4n) is 2.98. The van der Waals surface area contributed by atoms with Crippen LogP contribution in [0, 0.1) is 13.8 Å². The Morgan fingerprint density at radius 2 is 1.82 bits per heavy atom. The van der Waals surface area contributed by atoms with E-state index in [-0.39, 0.29) is 11.2 Å². The van der Waals surface area contributed by atoms with Crippen molar-refractivity contribution in [3.05, 3.63) is 53.6 Å². The lowest BCUT2D eigenvalue weighted by Gasteiger charge is -2.14. The van der Waals surface area contributed by atoms with Crippen LogP contribution in [0.15, 0.2) is 41.8 Å². The van der Waals surface area contributed by atoms with E-state index in [0.29, 0.717) is 5.92 Å². The van der Waals surface area contributed by atoms with Gasteiger partial charge in [0.1, 0.15) is 0 Å². The number of carbonyl (C=O) groups is 1. The van der Waals surface area contributed by atoms with Crippen LogP contribution in [0.25, 0.3) is 5.69 Å². The van der Waals surface area contributed by atoms with Crippen molar-refractivity contribution in [2.24, 2.45) is 7.05 Å². The number of hydrogen-bond acceptors (Lipinski definition) is 4. The molecule has 1 aromatic carbocycles. The molecular weight excluding hydrogens is 370 g/mol. The van der Waals surface area contributed by atoms with E-state index in [1.54, 1.807) is 10.9 Å². The average molecular weight is 398 g/mol. The first kappa shape index (κ1) is 20.2. The van der Waals surface area contributed by atoms with Crippen molar-refractivity contribution in [1.29, 1.82) is 0 Å². The van der Waals surface area contributed by atoms with E-state index in [2.05, 4.69) is 53.5 Å².